The fourth-order valence-corrected chi connectivity index (χ4v) is 0. The van der Waals surface area contributed by atoms with Crippen LogP contribution in [0.5, 0.6) is 0 Å². The Morgan fingerprint density at radius 3 is 1.29 bits per heavy atom. The molecule has 0 N–H and O–H groups in total. The summed E-state index contributed by atoms with van der Waals surface area (Å²) in [6.07, 6.45) is 0. The first kappa shape index (κ1) is 11.0. The molecule has 0 spiro atoms. The van der Waals surface area contributed by atoms with Crippen LogP contribution in [-0.2, 0) is 12.6 Å². The molecule has 0 aliphatic rings. The third-order valence-corrected chi connectivity index (χ3v) is 0. The van der Waals surface area contributed by atoms with Crippen molar-refractivity contribution in [2.24, 2.45) is 0 Å². The van der Waals surface area contributed by atoms with Gasteiger partial charge in [-0.1, -0.05) is 6.92 Å². The zero-order chi connectivity index (χ0) is 6.28. The second kappa shape index (κ2) is 10.2. The molecule has 0 fully saturated rings. The Morgan fingerprint density at radius 2 is 1.29 bits per heavy atom. The Balaban J connectivity index is 0. The molecular formula is C5H14SSn. The summed E-state index contributed by atoms with van der Waals surface area (Å²) in [6.45, 7) is 1.94. The quantitative estimate of drug-likeness (QED) is 0.448. The monoisotopic (exact) mass is 226 g/mol. The summed E-state index contributed by atoms with van der Waals surface area (Å²) in [5, 5.41) is 0. The zero-order valence-electron chi connectivity index (χ0n) is 5.62. The van der Waals surface area contributed by atoms with Crippen LogP contribution in [0.2, 0.25) is 14.8 Å². The fraction of sp³-hybridized carbons (Fsp3) is 1.00. The molecule has 0 rings (SSSR count). The van der Waals surface area contributed by atoms with Crippen LogP contribution >= 0.6 is 0 Å². The van der Waals surface area contributed by atoms with Crippen molar-refractivity contribution in [3.63, 3.8) is 0 Å². The van der Waals surface area contributed by atoms with E-state index >= 15 is 0 Å². The molecule has 0 unspecified atom stereocenters. The van der Waals surface area contributed by atoms with Crippen LogP contribution in [0.3, 0.4) is 0 Å². The third kappa shape index (κ3) is 144. The van der Waals surface area contributed by atoms with E-state index in [1.165, 1.54) is 0 Å². The van der Waals surface area contributed by atoms with Gasteiger partial charge in [0, 0.05) is 0 Å². The minimum absolute atomic E-state index is 0.543. The first-order valence-corrected chi connectivity index (χ1v) is 11.6. The van der Waals surface area contributed by atoms with Gasteiger partial charge < -0.3 is 12.6 Å². The summed E-state index contributed by atoms with van der Waals surface area (Å²) in [7, 11) is 0. The van der Waals surface area contributed by atoms with E-state index in [2.05, 4.69) is 27.4 Å². The van der Waals surface area contributed by atoms with Gasteiger partial charge in [-0.3, -0.25) is 0 Å². The van der Waals surface area contributed by atoms with Crippen molar-refractivity contribution in [1.29, 1.82) is 0 Å². The molecule has 0 saturated heterocycles. The molecule has 7 heavy (non-hydrogen) atoms. The minimum atomic E-state index is -0.543. The van der Waals surface area contributed by atoms with Gasteiger partial charge in [-0.25, -0.2) is 0 Å². The molecule has 0 aliphatic carbocycles. The zero-order valence-corrected chi connectivity index (χ0v) is 9.29. The Labute approximate surface area is 59.8 Å². The van der Waals surface area contributed by atoms with E-state index in [4.69, 9.17) is 0 Å². The average molecular weight is 225 g/mol. The molecule has 44 valence electrons. The van der Waals surface area contributed by atoms with Gasteiger partial charge in [0.25, 0.3) is 0 Å². The summed E-state index contributed by atoms with van der Waals surface area (Å²) in [5.74, 6) is 0.833. The molecule has 0 heterocycles. The molecule has 0 saturated carbocycles. The van der Waals surface area contributed by atoms with E-state index in [1.807, 2.05) is 6.92 Å². The van der Waals surface area contributed by atoms with E-state index < -0.39 is 19.8 Å². The van der Waals surface area contributed by atoms with E-state index in [9.17, 15) is 0 Å². The van der Waals surface area contributed by atoms with Crippen LogP contribution in [-0.4, -0.2) is 25.5 Å². The number of hydrogen-bond acceptors (Lipinski definition) is 1. The van der Waals surface area contributed by atoms with Gasteiger partial charge >= 0.3 is 34.6 Å². The summed E-state index contributed by atoms with van der Waals surface area (Å²) in [6, 6.07) is 0. The van der Waals surface area contributed by atoms with E-state index in [1.54, 1.807) is 0 Å². The van der Waals surface area contributed by atoms with Crippen LogP contribution < -0.4 is 0 Å². The van der Waals surface area contributed by atoms with E-state index in [0.29, 0.717) is 0 Å². The van der Waals surface area contributed by atoms with Crippen molar-refractivity contribution in [2.45, 2.75) is 21.7 Å². The van der Waals surface area contributed by atoms with Gasteiger partial charge in [0.1, 0.15) is 0 Å². The van der Waals surface area contributed by atoms with Gasteiger partial charge in [-0.05, 0) is 0 Å². The molecule has 2 heteroatoms. The standard InChI is InChI=1S/C2H6S.3CH3.Sn/c1-2-3;;;;/h3H,2H2,1H3;3*1H3;/q;;;;+1/p-1. The van der Waals surface area contributed by atoms with Gasteiger partial charge in [0.15, 0.2) is 0 Å². The van der Waals surface area contributed by atoms with Crippen LogP contribution in [0.4, 0.5) is 0 Å². The third-order valence-electron chi connectivity index (χ3n) is 0. The Kier molecular flexibility index (Phi) is 16.0. The Morgan fingerprint density at radius 1 is 1.29 bits per heavy atom. The van der Waals surface area contributed by atoms with Crippen molar-refractivity contribution >= 4 is 32.4 Å². The Bertz CT molecular complexity index is 19.3. The number of rotatable bonds is 0. The predicted molar refractivity (Wildman–Crippen MR) is 41.3 cm³/mol. The van der Waals surface area contributed by atoms with Crippen molar-refractivity contribution in [3.8, 4) is 0 Å². The second-order valence-electron chi connectivity index (χ2n) is 1.79. The molecule has 0 bridgehead atoms. The van der Waals surface area contributed by atoms with Gasteiger partial charge in [-0.15, -0.1) is 0 Å². The second-order valence-corrected chi connectivity index (χ2v) is 10.9. The van der Waals surface area contributed by atoms with Crippen molar-refractivity contribution < 1.29 is 0 Å². The maximum atomic E-state index is 4.39. The van der Waals surface area contributed by atoms with Crippen molar-refractivity contribution in [1.82, 2.24) is 0 Å². The summed E-state index contributed by atoms with van der Waals surface area (Å²) in [5.41, 5.74) is 0. The van der Waals surface area contributed by atoms with Crippen molar-refractivity contribution in [2.75, 3.05) is 5.75 Å². The predicted octanol–water partition coefficient (Wildman–Crippen LogP) is 1.92. The number of hydrogen-bond donors (Lipinski definition) is 0. The molecule has 0 aromatic carbocycles. The fourth-order valence-electron chi connectivity index (χ4n) is 0. The van der Waals surface area contributed by atoms with Crippen molar-refractivity contribution in [3.05, 3.63) is 0 Å². The van der Waals surface area contributed by atoms with Crippen LogP contribution in [0, 0.1) is 0 Å². The molecule has 0 aliphatic heterocycles. The molecular weight excluding hydrogens is 211 g/mol. The van der Waals surface area contributed by atoms with E-state index in [0.717, 1.165) is 5.75 Å². The summed E-state index contributed by atoms with van der Waals surface area (Å²) in [4.78, 5) is 7.09. The Hall–Kier alpha value is 1.15. The summed E-state index contributed by atoms with van der Waals surface area (Å²) >= 11 is 3.85. The molecule has 0 amide bonds. The summed E-state index contributed by atoms with van der Waals surface area (Å²) < 4.78 is 0. The first-order valence-electron chi connectivity index (χ1n) is 2.50. The maximum absolute atomic E-state index is 4.39. The van der Waals surface area contributed by atoms with Crippen LogP contribution in [0.25, 0.3) is 0 Å². The molecule has 0 aromatic rings. The van der Waals surface area contributed by atoms with Gasteiger partial charge in [0.2, 0.25) is 0 Å². The first-order chi connectivity index (χ1) is 3.15. The molecule has 0 aromatic heterocycles. The SMILES string of the molecule is CC[S-].[CH3][Sn+]([CH3])[CH3]. The topological polar surface area (TPSA) is 0 Å². The van der Waals surface area contributed by atoms with Gasteiger partial charge in [0.05, 0.1) is 0 Å². The normalized spacial score (nSPS) is 6.43. The van der Waals surface area contributed by atoms with Gasteiger partial charge in [-0.2, -0.15) is 5.75 Å². The van der Waals surface area contributed by atoms with Crippen LogP contribution in [0.1, 0.15) is 6.92 Å². The average Bonchev–Trinajstić information content (AvgIpc) is 1.33. The van der Waals surface area contributed by atoms with E-state index in [-0.39, 0.29) is 0 Å². The molecule has 0 radical (unpaired) electrons. The van der Waals surface area contributed by atoms with Crippen LogP contribution in [0.15, 0.2) is 0 Å². The molecule has 0 atom stereocenters. The molecule has 0 nitrogen and oxygen atoms in total.